The van der Waals surface area contributed by atoms with E-state index >= 15 is 0 Å². The molecule has 1 unspecified atom stereocenters. The van der Waals surface area contributed by atoms with E-state index in [1.807, 2.05) is 47.5 Å². The number of hydrogen-bond donors (Lipinski definition) is 0. The van der Waals surface area contributed by atoms with Crippen molar-refractivity contribution in [2.24, 2.45) is 5.92 Å². The van der Waals surface area contributed by atoms with Crippen molar-refractivity contribution in [1.29, 1.82) is 0 Å². The molecule has 6 nitrogen and oxygen atoms in total. The first-order valence-electron chi connectivity index (χ1n) is 10.3. The van der Waals surface area contributed by atoms with Crippen LogP contribution in [0, 0.1) is 5.92 Å². The fourth-order valence-corrected chi connectivity index (χ4v) is 3.82. The highest BCUT2D eigenvalue weighted by Gasteiger charge is 2.26. The van der Waals surface area contributed by atoms with Crippen LogP contribution in [0.15, 0.2) is 79.3 Å². The number of amides is 1. The number of benzene rings is 2. The highest BCUT2D eigenvalue weighted by molar-refractivity contribution is 5.78. The van der Waals surface area contributed by atoms with Crippen molar-refractivity contribution in [2.75, 3.05) is 37.7 Å². The molecule has 0 spiro atoms. The summed E-state index contributed by atoms with van der Waals surface area (Å²) in [5.74, 6) is 0.977. The standard InChI is InChI=1S/C24H26N4O2/c29-24(19-30-23-9-5-2-6-10-23)28-14-13-27(22-7-3-1-4-8-22)17-20(18-28)15-21-16-25-11-12-26-21/h1-12,16,20H,13-15,17-19H2. The van der Waals surface area contributed by atoms with Crippen molar-refractivity contribution >= 4 is 11.6 Å². The fraction of sp³-hybridized carbons (Fsp3) is 0.292. The Morgan fingerprint density at radius 3 is 2.47 bits per heavy atom. The average molecular weight is 402 g/mol. The van der Waals surface area contributed by atoms with Gasteiger partial charge in [0.25, 0.3) is 5.91 Å². The topological polar surface area (TPSA) is 58.6 Å². The van der Waals surface area contributed by atoms with Gasteiger partial charge in [0.15, 0.2) is 6.61 Å². The molecule has 1 aromatic heterocycles. The number of hydrogen-bond acceptors (Lipinski definition) is 5. The lowest BCUT2D eigenvalue weighted by Crippen LogP contribution is -2.39. The molecule has 2 aromatic carbocycles. The third-order valence-corrected chi connectivity index (χ3v) is 5.29. The Kier molecular flexibility index (Phi) is 6.54. The van der Waals surface area contributed by atoms with E-state index in [1.165, 1.54) is 5.69 Å². The predicted octanol–water partition coefficient (Wildman–Crippen LogP) is 3.06. The normalized spacial score (nSPS) is 16.7. The molecule has 3 aromatic rings. The molecule has 154 valence electrons. The number of anilines is 1. The maximum Gasteiger partial charge on any atom is 0.260 e. The maximum absolute atomic E-state index is 12.9. The largest absolute Gasteiger partial charge is 0.484 e. The van der Waals surface area contributed by atoms with Crippen molar-refractivity contribution in [3.8, 4) is 5.75 Å². The second-order valence-electron chi connectivity index (χ2n) is 7.49. The third-order valence-electron chi connectivity index (χ3n) is 5.29. The molecule has 0 saturated carbocycles. The van der Waals surface area contributed by atoms with E-state index in [-0.39, 0.29) is 18.4 Å². The second-order valence-corrected chi connectivity index (χ2v) is 7.49. The van der Waals surface area contributed by atoms with E-state index in [2.05, 4.69) is 39.1 Å². The molecular weight excluding hydrogens is 376 g/mol. The Balaban J connectivity index is 1.46. The molecule has 1 aliphatic heterocycles. The molecular formula is C24H26N4O2. The molecule has 6 heteroatoms. The Morgan fingerprint density at radius 1 is 0.967 bits per heavy atom. The van der Waals surface area contributed by atoms with Crippen molar-refractivity contribution in [3.05, 3.63) is 84.9 Å². The Bertz CT molecular complexity index is 922. The van der Waals surface area contributed by atoms with Gasteiger partial charge in [-0.2, -0.15) is 0 Å². The van der Waals surface area contributed by atoms with Crippen LogP contribution in [0.2, 0.25) is 0 Å². The van der Waals surface area contributed by atoms with E-state index < -0.39 is 0 Å². The SMILES string of the molecule is O=C(COc1ccccc1)N1CCN(c2ccccc2)CC(Cc2cnccn2)C1. The Hall–Kier alpha value is -3.41. The molecule has 4 rings (SSSR count). The summed E-state index contributed by atoms with van der Waals surface area (Å²) in [6.45, 7) is 3.05. The van der Waals surface area contributed by atoms with E-state index in [4.69, 9.17) is 4.74 Å². The molecule has 0 aliphatic carbocycles. The second kappa shape index (κ2) is 9.87. The summed E-state index contributed by atoms with van der Waals surface area (Å²) in [6.07, 6.45) is 5.99. The van der Waals surface area contributed by atoms with Gasteiger partial charge < -0.3 is 14.5 Å². The van der Waals surface area contributed by atoms with Crippen molar-refractivity contribution in [2.45, 2.75) is 6.42 Å². The zero-order chi connectivity index (χ0) is 20.6. The molecule has 1 fully saturated rings. The highest BCUT2D eigenvalue weighted by Crippen LogP contribution is 2.21. The first-order chi connectivity index (χ1) is 14.8. The summed E-state index contributed by atoms with van der Waals surface area (Å²) in [5, 5.41) is 0. The quantitative estimate of drug-likeness (QED) is 0.634. The number of carbonyl (C=O) groups excluding carboxylic acids is 1. The van der Waals surface area contributed by atoms with Gasteiger partial charge in [-0.15, -0.1) is 0 Å². The molecule has 1 aliphatic rings. The molecule has 0 radical (unpaired) electrons. The van der Waals surface area contributed by atoms with Crippen LogP contribution in [0.1, 0.15) is 5.69 Å². The summed E-state index contributed by atoms with van der Waals surface area (Å²) in [7, 11) is 0. The van der Waals surface area contributed by atoms with Gasteiger partial charge in [-0.05, 0) is 36.6 Å². The third kappa shape index (κ3) is 5.35. The van der Waals surface area contributed by atoms with Crippen LogP contribution in [0.25, 0.3) is 0 Å². The van der Waals surface area contributed by atoms with Gasteiger partial charge in [0, 0.05) is 50.5 Å². The van der Waals surface area contributed by atoms with Gasteiger partial charge >= 0.3 is 0 Å². The van der Waals surface area contributed by atoms with Gasteiger partial charge in [-0.1, -0.05) is 36.4 Å². The van der Waals surface area contributed by atoms with E-state index in [0.29, 0.717) is 18.8 Å². The fourth-order valence-electron chi connectivity index (χ4n) is 3.82. The van der Waals surface area contributed by atoms with Crippen LogP contribution in [0.3, 0.4) is 0 Å². The molecule has 30 heavy (non-hydrogen) atoms. The minimum Gasteiger partial charge on any atom is -0.484 e. The van der Waals surface area contributed by atoms with E-state index in [1.54, 1.807) is 12.4 Å². The summed E-state index contributed by atoms with van der Waals surface area (Å²) >= 11 is 0. The molecule has 0 N–H and O–H groups in total. The number of para-hydroxylation sites is 2. The maximum atomic E-state index is 12.9. The summed E-state index contributed by atoms with van der Waals surface area (Å²) in [5.41, 5.74) is 2.13. The van der Waals surface area contributed by atoms with Gasteiger partial charge in [-0.3, -0.25) is 14.8 Å². The molecule has 0 bridgehead atoms. The number of aromatic nitrogens is 2. The van der Waals surface area contributed by atoms with Crippen molar-refractivity contribution < 1.29 is 9.53 Å². The average Bonchev–Trinajstić information content (AvgIpc) is 3.02. The number of ether oxygens (including phenoxy) is 1. The van der Waals surface area contributed by atoms with Gasteiger partial charge in [0.2, 0.25) is 0 Å². The Morgan fingerprint density at radius 2 is 1.73 bits per heavy atom. The predicted molar refractivity (Wildman–Crippen MR) is 116 cm³/mol. The van der Waals surface area contributed by atoms with Gasteiger partial charge in [0.1, 0.15) is 5.75 Å². The molecule has 1 amide bonds. The van der Waals surface area contributed by atoms with Gasteiger partial charge in [0.05, 0.1) is 5.69 Å². The number of nitrogens with zero attached hydrogens (tertiary/aromatic N) is 4. The first-order valence-corrected chi connectivity index (χ1v) is 10.3. The van der Waals surface area contributed by atoms with Crippen LogP contribution in [-0.4, -0.2) is 53.6 Å². The molecule has 1 saturated heterocycles. The van der Waals surface area contributed by atoms with Crippen LogP contribution in [-0.2, 0) is 11.2 Å². The lowest BCUT2D eigenvalue weighted by Gasteiger charge is -2.25. The molecule has 1 atom stereocenters. The lowest BCUT2D eigenvalue weighted by atomic mass is 10.0. The highest BCUT2D eigenvalue weighted by atomic mass is 16.5. The van der Waals surface area contributed by atoms with Crippen LogP contribution in [0.4, 0.5) is 5.69 Å². The Labute approximate surface area is 177 Å². The van der Waals surface area contributed by atoms with Gasteiger partial charge in [-0.25, -0.2) is 0 Å². The molecule has 2 heterocycles. The summed E-state index contributed by atoms with van der Waals surface area (Å²) in [4.78, 5) is 25.8. The minimum absolute atomic E-state index is 0.0120. The monoisotopic (exact) mass is 402 g/mol. The summed E-state index contributed by atoms with van der Waals surface area (Å²) < 4.78 is 5.70. The lowest BCUT2D eigenvalue weighted by molar-refractivity contribution is -0.133. The first kappa shape index (κ1) is 19.9. The van der Waals surface area contributed by atoms with E-state index in [9.17, 15) is 4.79 Å². The van der Waals surface area contributed by atoms with Crippen LogP contribution >= 0.6 is 0 Å². The smallest absolute Gasteiger partial charge is 0.260 e. The number of rotatable bonds is 6. The van der Waals surface area contributed by atoms with Crippen LogP contribution < -0.4 is 9.64 Å². The zero-order valence-electron chi connectivity index (χ0n) is 16.9. The van der Waals surface area contributed by atoms with Crippen LogP contribution in [0.5, 0.6) is 5.75 Å². The van der Waals surface area contributed by atoms with Crippen molar-refractivity contribution in [3.63, 3.8) is 0 Å². The van der Waals surface area contributed by atoms with Crippen molar-refractivity contribution in [1.82, 2.24) is 14.9 Å². The zero-order valence-corrected chi connectivity index (χ0v) is 16.9. The van der Waals surface area contributed by atoms with E-state index in [0.717, 1.165) is 25.2 Å². The number of carbonyl (C=O) groups is 1. The summed E-state index contributed by atoms with van der Waals surface area (Å²) in [6, 6.07) is 19.8. The minimum atomic E-state index is 0.0120.